The molecule has 3 heterocycles. The third-order valence-corrected chi connectivity index (χ3v) is 8.65. The molecule has 1 aliphatic rings. The molecule has 9 heteroatoms. The van der Waals surface area contributed by atoms with Crippen LogP contribution < -0.4 is 16.0 Å². The van der Waals surface area contributed by atoms with E-state index in [4.69, 9.17) is 9.05 Å². The van der Waals surface area contributed by atoms with Crippen molar-refractivity contribution in [2.45, 2.75) is 47.5 Å². The number of benzene rings is 3. The number of amides is 2. The van der Waals surface area contributed by atoms with Crippen LogP contribution in [0.4, 0.5) is 11.4 Å². The molecule has 5 aromatic rings. The van der Waals surface area contributed by atoms with Crippen molar-refractivity contribution in [1.82, 2.24) is 15.6 Å². The molecule has 0 saturated carbocycles. The summed E-state index contributed by atoms with van der Waals surface area (Å²) in [5.41, 5.74) is 9.05. The lowest BCUT2D eigenvalue weighted by atomic mass is 9.79. The summed E-state index contributed by atoms with van der Waals surface area (Å²) in [5.74, 6) is -0.653. The second kappa shape index (κ2) is 14.5. The maximum atomic E-state index is 14.3. The molecular weight excluding hydrogens is 626 g/mol. The monoisotopic (exact) mass is 665 g/mol. The van der Waals surface area contributed by atoms with Gasteiger partial charge in [-0.2, -0.15) is 0 Å². The number of carbonyl (C=O) groups excluding carboxylic acids is 2. The quantitative estimate of drug-likeness (QED) is 0.144. The van der Waals surface area contributed by atoms with E-state index in [2.05, 4.69) is 26.3 Å². The first kappa shape index (κ1) is 33.7. The minimum Gasteiger partial charge on any atom is -0.362 e. The molecule has 0 fully saturated rings. The van der Waals surface area contributed by atoms with E-state index >= 15 is 0 Å². The van der Waals surface area contributed by atoms with E-state index < -0.39 is 5.92 Å². The lowest BCUT2D eigenvalue weighted by molar-refractivity contribution is -0.113. The van der Waals surface area contributed by atoms with Crippen LogP contribution in [0, 0.1) is 27.7 Å². The number of hydrogen-bond acceptors (Lipinski definition) is 7. The summed E-state index contributed by atoms with van der Waals surface area (Å²) in [6.07, 6.45) is 7.37. The number of nitrogens with one attached hydrogen (secondary N) is 3. The maximum Gasteiger partial charge on any atom is 0.254 e. The first-order valence-electron chi connectivity index (χ1n) is 16.4. The molecular formula is C41H39N5O4. The number of anilines is 2. The number of rotatable bonds is 9. The highest BCUT2D eigenvalue weighted by atomic mass is 16.5. The van der Waals surface area contributed by atoms with Crippen LogP contribution in [0.2, 0.25) is 0 Å². The van der Waals surface area contributed by atoms with Crippen LogP contribution in [0.25, 0.3) is 24.3 Å². The third kappa shape index (κ3) is 7.27. The van der Waals surface area contributed by atoms with E-state index in [0.717, 1.165) is 27.8 Å². The molecule has 0 unspecified atom stereocenters. The minimum atomic E-state index is -0.698. The number of dihydropyridines is 1. The lowest BCUT2D eigenvalue weighted by Gasteiger charge is -2.31. The van der Waals surface area contributed by atoms with E-state index in [1.54, 1.807) is 26.0 Å². The van der Waals surface area contributed by atoms with Gasteiger partial charge in [0.25, 0.3) is 11.8 Å². The Morgan fingerprint density at radius 2 is 1.02 bits per heavy atom. The summed E-state index contributed by atoms with van der Waals surface area (Å²) in [7, 11) is 0. The Balaban J connectivity index is 1.31. The smallest absolute Gasteiger partial charge is 0.254 e. The number of aromatic nitrogens is 2. The Bertz CT molecular complexity index is 2030. The predicted molar refractivity (Wildman–Crippen MR) is 198 cm³/mol. The highest BCUT2D eigenvalue weighted by Crippen LogP contribution is 2.40. The van der Waals surface area contributed by atoms with Gasteiger partial charge in [0, 0.05) is 28.5 Å². The van der Waals surface area contributed by atoms with E-state index in [-0.39, 0.29) is 11.8 Å². The third-order valence-electron chi connectivity index (χ3n) is 8.65. The zero-order valence-corrected chi connectivity index (χ0v) is 28.9. The zero-order chi connectivity index (χ0) is 35.4. The molecule has 0 bridgehead atoms. The molecule has 3 aromatic carbocycles. The number of nitrogens with zero attached hydrogens (tertiary/aromatic N) is 2. The number of allylic oxidation sites excluding steroid dienone is 2. The van der Waals surface area contributed by atoms with Crippen molar-refractivity contribution in [2.75, 3.05) is 10.6 Å². The molecule has 0 aliphatic carbocycles. The Morgan fingerprint density at radius 3 is 1.44 bits per heavy atom. The van der Waals surface area contributed by atoms with Crippen molar-refractivity contribution in [1.29, 1.82) is 0 Å². The van der Waals surface area contributed by atoms with Crippen molar-refractivity contribution in [3.8, 4) is 0 Å². The van der Waals surface area contributed by atoms with Crippen molar-refractivity contribution < 1.29 is 18.6 Å². The minimum absolute atomic E-state index is 0.388. The van der Waals surface area contributed by atoms with Gasteiger partial charge in [0.1, 0.15) is 22.8 Å². The Kier molecular flexibility index (Phi) is 9.76. The van der Waals surface area contributed by atoms with Crippen molar-refractivity contribution in [3.05, 3.63) is 152 Å². The first-order valence-corrected chi connectivity index (χ1v) is 16.4. The largest absolute Gasteiger partial charge is 0.362 e. The van der Waals surface area contributed by atoms with Crippen LogP contribution in [0.1, 0.15) is 70.5 Å². The summed E-state index contributed by atoms with van der Waals surface area (Å²) < 4.78 is 11.2. The second-order valence-corrected chi connectivity index (χ2v) is 12.5. The molecule has 9 nitrogen and oxygen atoms in total. The maximum absolute atomic E-state index is 14.3. The highest BCUT2D eigenvalue weighted by molar-refractivity contribution is 6.12. The average molecular weight is 666 g/mol. The van der Waals surface area contributed by atoms with E-state index in [0.29, 0.717) is 56.8 Å². The van der Waals surface area contributed by atoms with Gasteiger partial charge < -0.3 is 25.0 Å². The fourth-order valence-electron chi connectivity index (χ4n) is 5.94. The SMILES string of the molecule is CC1=C(C(=O)Nc2c(C)noc2/C=C/c2ccc(C)cc2)C(c2ccccc2)C(C(=O)Nc2c(C)noc2/C=C/c2ccc(C)cc2)=C(C)N1. The highest BCUT2D eigenvalue weighted by Gasteiger charge is 2.37. The molecule has 50 heavy (non-hydrogen) atoms. The molecule has 0 saturated heterocycles. The Morgan fingerprint density at radius 1 is 0.600 bits per heavy atom. The number of carbonyl (C=O) groups is 2. The molecule has 6 rings (SSSR count). The van der Waals surface area contributed by atoms with E-state index in [9.17, 15) is 9.59 Å². The van der Waals surface area contributed by atoms with Crippen LogP contribution in [0.15, 0.2) is 110 Å². The molecule has 0 spiro atoms. The molecule has 0 atom stereocenters. The van der Waals surface area contributed by atoms with Crippen LogP contribution in [0.3, 0.4) is 0 Å². The number of aryl methyl sites for hydroxylation is 4. The fourth-order valence-corrected chi connectivity index (χ4v) is 5.94. The Labute approximate surface area is 291 Å². The van der Waals surface area contributed by atoms with Gasteiger partial charge >= 0.3 is 0 Å². The predicted octanol–water partition coefficient (Wildman–Crippen LogP) is 8.75. The van der Waals surface area contributed by atoms with E-state index in [1.807, 2.05) is 119 Å². The zero-order valence-electron chi connectivity index (χ0n) is 28.9. The summed E-state index contributed by atoms with van der Waals surface area (Å²) in [5, 5.41) is 17.6. The van der Waals surface area contributed by atoms with Gasteiger partial charge in [-0.25, -0.2) is 0 Å². The average Bonchev–Trinajstić information content (AvgIpc) is 3.63. The van der Waals surface area contributed by atoms with Crippen molar-refractivity contribution >= 4 is 47.5 Å². The molecule has 2 amide bonds. The summed E-state index contributed by atoms with van der Waals surface area (Å²) in [4.78, 5) is 28.7. The summed E-state index contributed by atoms with van der Waals surface area (Å²) >= 11 is 0. The Hall–Kier alpha value is -6.22. The summed E-state index contributed by atoms with van der Waals surface area (Å²) in [6, 6.07) is 25.6. The van der Waals surface area contributed by atoms with Gasteiger partial charge in [-0.3, -0.25) is 9.59 Å². The van der Waals surface area contributed by atoms with Gasteiger partial charge in [-0.1, -0.05) is 112 Å². The first-order chi connectivity index (χ1) is 24.1. The molecule has 0 radical (unpaired) electrons. The molecule has 2 aromatic heterocycles. The van der Waals surface area contributed by atoms with Gasteiger partial charge in [0.15, 0.2) is 11.5 Å². The van der Waals surface area contributed by atoms with Gasteiger partial charge in [0.05, 0.1) is 0 Å². The lowest BCUT2D eigenvalue weighted by Crippen LogP contribution is -2.35. The van der Waals surface area contributed by atoms with Crippen molar-refractivity contribution in [3.63, 3.8) is 0 Å². The van der Waals surface area contributed by atoms with Gasteiger partial charge in [0.2, 0.25) is 0 Å². The standard InChI is InChI=1S/C41H39N5O4/c1-24-12-16-30(17-13-24)20-22-33-38(28(5)45-49-33)43-40(47)35-26(3)42-27(4)36(37(35)32-10-8-7-9-11-32)41(48)44-39-29(6)46-50-34(39)23-21-31-18-14-25(2)15-19-31/h7-23,37,42H,1-6H3,(H,43,47)(H,44,48)/b22-20+,23-21+. The number of hydrogen-bond donors (Lipinski definition) is 3. The van der Waals surface area contributed by atoms with Gasteiger partial charge in [-0.05, 0) is 70.4 Å². The van der Waals surface area contributed by atoms with Crippen LogP contribution in [0.5, 0.6) is 0 Å². The van der Waals surface area contributed by atoms with E-state index in [1.165, 1.54) is 0 Å². The van der Waals surface area contributed by atoms with Crippen molar-refractivity contribution in [2.24, 2.45) is 0 Å². The molecule has 252 valence electrons. The van der Waals surface area contributed by atoms with Crippen LogP contribution in [-0.2, 0) is 9.59 Å². The normalized spacial score (nSPS) is 13.7. The summed E-state index contributed by atoms with van der Waals surface area (Å²) in [6.45, 7) is 11.3. The van der Waals surface area contributed by atoms with Gasteiger partial charge in [-0.15, -0.1) is 0 Å². The topological polar surface area (TPSA) is 122 Å². The molecule has 1 aliphatic heterocycles. The fraction of sp³-hybridized carbons (Fsp3) is 0.171. The van der Waals surface area contributed by atoms with Crippen LogP contribution in [-0.4, -0.2) is 22.1 Å². The van der Waals surface area contributed by atoms with Crippen LogP contribution >= 0.6 is 0 Å². The second-order valence-electron chi connectivity index (χ2n) is 12.5. The molecule has 3 N–H and O–H groups in total.